The Balaban J connectivity index is 2.12. The van der Waals surface area contributed by atoms with E-state index in [1.807, 2.05) is 18.2 Å². The second-order valence-electron chi connectivity index (χ2n) is 7.68. The minimum atomic E-state index is -0.0910. The van der Waals surface area contributed by atoms with Gasteiger partial charge in [-0.05, 0) is 40.8 Å². The van der Waals surface area contributed by atoms with Crippen molar-refractivity contribution in [1.82, 2.24) is 0 Å². The van der Waals surface area contributed by atoms with Crippen LogP contribution in [0.4, 0.5) is 0 Å². The third kappa shape index (κ3) is 4.51. The molecule has 0 fully saturated rings. The highest BCUT2D eigenvalue weighted by molar-refractivity contribution is 5.35. The van der Waals surface area contributed by atoms with Crippen molar-refractivity contribution in [3.8, 4) is 11.5 Å². The van der Waals surface area contributed by atoms with E-state index < -0.39 is 0 Å². The third-order valence-electron chi connectivity index (χ3n) is 4.15. The molecule has 0 saturated heterocycles. The van der Waals surface area contributed by atoms with Gasteiger partial charge in [0.1, 0.15) is 11.5 Å². The van der Waals surface area contributed by atoms with Crippen molar-refractivity contribution < 1.29 is 9.47 Å². The smallest absolute Gasteiger partial charge is 0.119 e. The van der Waals surface area contributed by atoms with Gasteiger partial charge in [0.05, 0.1) is 13.7 Å². The number of benzene rings is 2. The zero-order chi connectivity index (χ0) is 17.1. The van der Waals surface area contributed by atoms with E-state index in [-0.39, 0.29) is 10.8 Å². The fraction of sp³-hybridized carbons (Fsp3) is 0.429. The summed E-state index contributed by atoms with van der Waals surface area (Å²) in [5, 5.41) is 0. The van der Waals surface area contributed by atoms with Gasteiger partial charge in [-0.3, -0.25) is 0 Å². The molecule has 124 valence electrons. The topological polar surface area (TPSA) is 18.5 Å². The molecule has 0 amide bonds. The van der Waals surface area contributed by atoms with Crippen LogP contribution in [0.15, 0.2) is 48.5 Å². The van der Waals surface area contributed by atoms with Crippen LogP contribution in [0.1, 0.15) is 45.7 Å². The summed E-state index contributed by atoms with van der Waals surface area (Å²) in [6.45, 7) is 11.6. The first-order valence-electron chi connectivity index (χ1n) is 8.10. The molecule has 2 rings (SSSR count). The van der Waals surface area contributed by atoms with Gasteiger partial charge in [0.25, 0.3) is 0 Å². The third-order valence-corrected chi connectivity index (χ3v) is 4.15. The van der Waals surface area contributed by atoms with Crippen LogP contribution in [0, 0.1) is 0 Å². The fourth-order valence-corrected chi connectivity index (χ4v) is 2.44. The molecule has 0 heterocycles. The Hall–Kier alpha value is -1.96. The van der Waals surface area contributed by atoms with E-state index in [1.54, 1.807) is 7.11 Å². The standard InChI is InChI=1S/C21H28O2/c1-20(2,3)16-9-7-12-19(13-16)23-15-21(4,5)17-10-8-11-18(14-17)22-6/h7-14H,15H2,1-6H3. The van der Waals surface area contributed by atoms with E-state index in [1.165, 1.54) is 11.1 Å². The maximum atomic E-state index is 6.09. The first kappa shape index (κ1) is 17.4. The number of ether oxygens (including phenoxy) is 2. The van der Waals surface area contributed by atoms with Crippen molar-refractivity contribution in [1.29, 1.82) is 0 Å². The van der Waals surface area contributed by atoms with Gasteiger partial charge < -0.3 is 9.47 Å². The Morgan fingerprint density at radius 3 is 1.96 bits per heavy atom. The second kappa shape index (κ2) is 6.66. The van der Waals surface area contributed by atoms with Crippen molar-refractivity contribution in [2.24, 2.45) is 0 Å². The molecule has 0 aliphatic heterocycles. The molecular formula is C21H28O2. The summed E-state index contributed by atoms with van der Waals surface area (Å²) in [5.41, 5.74) is 2.53. The zero-order valence-corrected chi connectivity index (χ0v) is 15.1. The first-order valence-corrected chi connectivity index (χ1v) is 8.10. The van der Waals surface area contributed by atoms with Gasteiger partial charge in [-0.25, -0.2) is 0 Å². The molecule has 0 spiro atoms. The molecule has 0 aromatic heterocycles. The van der Waals surface area contributed by atoms with Crippen LogP contribution in [0.3, 0.4) is 0 Å². The van der Waals surface area contributed by atoms with E-state index in [2.05, 4.69) is 65.0 Å². The van der Waals surface area contributed by atoms with Crippen LogP contribution in [-0.4, -0.2) is 13.7 Å². The molecule has 0 saturated carbocycles. The summed E-state index contributed by atoms with van der Waals surface area (Å²) in [7, 11) is 1.70. The molecule has 2 aromatic carbocycles. The number of rotatable bonds is 5. The van der Waals surface area contributed by atoms with E-state index >= 15 is 0 Å². The molecule has 2 nitrogen and oxygen atoms in total. The molecule has 0 bridgehead atoms. The van der Waals surface area contributed by atoms with Gasteiger partial charge in [0.15, 0.2) is 0 Å². The highest BCUT2D eigenvalue weighted by atomic mass is 16.5. The molecule has 0 atom stereocenters. The second-order valence-corrected chi connectivity index (χ2v) is 7.68. The van der Waals surface area contributed by atoms with E-state index in [4.69, 9.17) is 9.47 Å². The molecule has 0 aliphatic carbocycles. The lowest BCUT2D eigenvalue weighted by molar-refractivity contribution is 0.240. The van der Waals surface area contributed by atoms with E-state index in [0.717, 1.165) is 11.5 Å². The Morgan fingerprint density at radius 2 is 1.35 bits per heavy atom. The van der Waals surface area contributed by atoms with E-state index in [0.29, 0.717) is 6.61 Å². The van der Waals surface area contributed by atoms with Crippen molar-refractivity contribution in [2.45, 2.75) is 45.4 Å². The fourth-order valence-electron chi connectivity index (χ4n) is 2.44. The minimum absolute atomic E-state index is 0.0910. The monoisotopic (exact) mass is 312 g/mol. The number of methoxy groups -OCH3 is 1. The van der Waals surface area contributed by atoms with Gasteiger partial charge in [-0.1, -0.05) is 58.9 Å². The van der Waals surface area contributed by atoms with Gasteiger partial charge in [-0.15, -0.1) is 0 Å². The summed E-state index contributed by atoms with van der Waals surface area (Å²) in [6.07, 6.45) is 0. The summed E-state index contributed by atoms with van der Waals surface area (Å²) in [5.74, 6) is 1.80. The van der Waals surface area contributed by atoms with Crippen LogP contribution in [0.2, 0.25) is 0 Å². The predicted molar refractivity (Wildman–Crippen MR) is 96.7 cm³/mol. The van der Waals surface area contributed by atoms with Crippen molar-refractivity contribution in [3.05, 3.63) is 59.7 Å². The average Bonchev–Trinajstić information content (AvgIpc) is 2.52. The average molecular weight is 312 g/mol. The summed E-state index contributed by atoms with van der Waals surface area (Å²) in [6, 6.07) is 16.6. The van der Waals surface area contributed by atoms with Gasteiger partial charge in [-0.2, -0.15) is 0 Å². The number of hydrogen-bond donors (Lipinski definition) is 0. The lowest BCUT2D eigenvalue weighted by atomic mass is 9.85. The first-order chi connectivity index (χ1) is 10.7. The van der Waals surface area contributed by atoms with Crippen molar-refractivity contribution >= 4 is 0 Å². The summed E-state index contributed by atoms with van der Waals surface area (Å²) >= 11 is 0. The van der Waals surface area contributed by atoms with Crippen LogP contribution in [0.5, 0.6) is 11.5 Å². The van der Waals surface area contributed by atoms with Crippen molar-refractivity contribution in [2.75, 3.05) is 13.7 Å². The minimum Gasteiger partial charge on any atom is -0.497 e. The maximum Gasteiger partial charge on any atom is 0.119 e. The molecule has 0 unspecified atom stereocenters. The van der Waals surface area contributed by atoms with Gasteiger partial charge in [0, 0.05) is 5.41 Å². The largest absolute Gasteiger partial charge is 0.497 e. The molecular weight excluding hydrogens is 284 g/mol. The highest BCUT2D eigenvalue weighted by Crippen LogP contribution is 2.29. The molecule has 2 aromatic rings. The molecule has 0 radical (unpaired) electrons. The lowest BCUT2D eigenvalue weighted by Crippen LogP contribution is -2.26. The van der Waals surface area contributed by atoms with Crippen LogP contribution >= 0.6 is 0 Å². The maximum absolute atomic E-state index is 6.09. The Morgan fingerprint density at radius 1 is 0.783 bits per heavy atom. The number of hydrogen-bond acceptors (Lipinski definition) is 2. The molecule has 0 N–H and O–H groups in total. The Labute approximate surface area is 140 Å². The molecule has 2 heteroatoms. The molecule has 23 heavy (non-hydrogen) atoms. The van der Waals surface area contributed by atoms with Crippen LogP contribution in [-0.2, 0) is 10.8 Å². The summed E-state index contributed by atoms with van der Waals surface area (Å²) in [4.78, 5) is 0. The van der Waals surface area contributed by atoms with E-state index in [9.17, 15) is 0 Å². The molecule has 0 aliphatic rings. The SMILES string of the molecule is COc1cccc(C(C)(C)COc2cccc(C(C)(C)C)c2)c1. The lowest BCUT2D eigenvalue weighted by Gasteiger charge is -2.26. The van der Waals surface area contributed by atoms with Crippen LogP contribution < -0.4 is 9.47 Å². The highest BCUT2D eigenvalue weighted by Gasteiger charge is 2.22. The zero-order valence-electron chi connectivity index (χ0n) is 15.1. The predicted octanol–water partition coefficient (Wildman–Crippen LogP) is 5.35. The van der Waals surface area contributed by atoms with Gasteiger partial charge >= 0.3 is 0 Å². The summed E-state index contributed by atoms with van der Waals surface area (Å²) < 4.78 is 11.4. The Kier molecular flexibility index (Phi) is 5.03. The van der Waals surface area contributed by atoms with Gasteiger partial charge in [0.2, 0.25) is 0 Å². The van der Waals surface area contributed by atoms with Crippen LogP contribution in [0.25, 0.3) is 0 Å². The Bertz CT molecular complexity index is 651. The van der Waals surface area contributed by atoms with Crippen molar-refractivity contribution in [3.63, 3.8) is 0 Å². The quantitative estimate of drug-likeness (QED) is 0.741. The normalized spacial score (nSPS) is 12.1.